The fourth-order valence-electron chi connectivity index (χ4n) is 2.85. The van der Waals surface area contributed by atoms with Crippen molar-refractivity contribution in [3.63, 3.8) is 0 Å². The number of methoxy groups -OCH3 is 3. The molecule has 1 aromatic rings. The molecule has 29 heavy (non-hydrogen) atoms. The summed E-state index contributed by atoms with van der Waals surface area (Å²) in [4.78, 5) is 38.3. The van der Waals surface area contributed by atoms with E-state index in [1.165, 1.54) is 33.5 Å². The Morgan fingerprint density at radius 1 is 0.931 bits per heavy atom. The van der Waals surface area contributed by atoms with Gasteiger partial charge in [0.1, 0.15) is 0 Å². The number of rotatable bonds is 10. The standard InChI is InChI=1S/C20H31N3O6/c1-7-23(8-2)18(25)10-13(3)9-17(24)21-22-20(26)14-11-15(27-4)19(29-6)16(12-14)28-5/h11-13H,7-10H2,1-6H3,(H,21,24)(H,22,26). The SMILES string of the molecule is CCN(CC)C(=O)CC(C)CC(=O)NNC(=O)c1cc(OC)c(OC)c(OC)c1. The predicted molar refractivity (Wildman–Crippen MR) is 108 cm³/mol. The smallest absolute Gasteiger partial charge is 0.269 e. The molecule has 1 rings (SSSR count). The van der Waals surface area contributed by atoms with Crippen LogP contribution in [-0.4, -0.2) is 57.0 Å². The molecule has 0 radical (unpaired) electrons. The third kappa shape index (κ3) is 6.85. The number of benzene rings is 1. The Bertz CT molecular complexity index is 693. The van der Waals surface area contributed by atoms with Gasteiger partial charge in [0.2, 0.25) is 17.6 Å². The van der Waals surface area contributed by atoms with Crippen LogP contribution in [0.15, 0.2) is 12.1 Å². The van der Waals surface area contributed by atoms with Gasteiger partial charge in [0.15, 0.2) is 11.5 Å². The van der Waals surface area contributed by atoms with Crippen LogP contribution in [0.25, 0.3) is 0 Å². The van der Waals surface area contributed by atoms with E-state index >= 15 is 0 Å². The molecule has 9 heteroatoms. The quantitative estimate of drug-likeness (QED) is 0.571. The molecule has 0 bridgehead atoms. The van der Waals surface area contributed by atoms with Gasteiger partial charge in [-0.3, -0.25) is 25.2 Å². The number of nitrogens with one attached hydrogen (secondary N) is 2. The van der Waals surface area contributed by atoms with Gasteiger partial charge in [0.05, 0.1) is 21.3 Å². The van der Waals surface area contributed by atoms with E-state index in [1.807, 2.05) is 20.8 Å². The van der Waals surface area contributed by atoms with E-state index in [4.69, 9.17) is 14.2 Å². The van der Waals surface area contributed by atoms with Gasteiger partial charge in [-0.25, -0.2) is 0 Å². The van der Waals surface area contributed by atoms with Gasteiger partial charge in [-0.1, -0.05) is 6.92 Å². The number of carbonyl (C=O) groups excluding carboxylic acids is 3. The predicted octanol–water partition coefficient (Wildman–Crippen LogP) is 1.76. The summed E-state index contributed by atoms with van der Waals surface area (Å²) in [5.41, 5.74) is 4.95. The van der Waals surface area contributed by atoms with Gasteiger partial charge in [0, 0.05) is 31.5 Å². The van der Waals surface area contributed by atoms with E-state index in [0.29, 0.717) is 30.3 Å². The van der Waals surface area contributed by atoms with Gasteiger partial charge < -0.3 is 19.1 Å². The molecule has 9 nitrogen and oxygen atoms in total. The highest BCUT2D eigenvalue weighted by atomic mass is 16.5. The molecule has 1 aromatic carbocycles. The maximum Gasteiger partial charge on any atom is 0.269 e. The summed E-state index contributed by atoms with van der Waals surface area (Å²) >= 11 is 0. The van der Waals surface area contributed by atoms with E-state index in [0.717, 1.165) is 0 Å². The third-order valence-electron chi connectivity index (χ3n) is 4.42. The average Bonchev–Trinajstić information content (AvgIpc) is 2.71. The maximum absolute atomic E-state index is 12.4. The molecule has 0 fully saturated rings. The van der Waals surface area contributed by atoms with Crippen molar-refractivity contribution in [1.82, 2.24) is 15.8 Å². The van der Waals surface area contributed by atoms with Crippen molar-refractivity contribution in [1.29, 1.82) is 0 Å². The molecule has 0 spiro atoms. The Morgan fingerprint density at radius 2 is 1.48 bits per heavy atom. The van der Waals surface area contributed by atoms with E-state index < -0.39 is 5.91 Å². The molecule has 1 unspecified atom stereocenters. The molecule has 0 aliphatic rings. The molecule has 162 valence electrons. The first kappa shape index (κ1) is 24.1. The van der Waals surface area contributed by atoms with Gasteiger partial charge in [0.25, 0.3) is 5.91 Å². The Balaban J connectivity index is 2.66. The van der Waals surface area contributed by atoms with Gasteiger partial charge >= 0.3 is 0 Å². The summed E-state index contributed by atoms with van der Waals surface area (Å²) in [5.74, 6) is -0.0472. The Labute approximate surface area is 171 Å². The number of ether oxygens (including phenoxy) is 3. The summed E-state index contributed by atoms with van der Waals surface area (Å²) in [6.07, 6.45) is 0.387. The van der Waals surface area contributed by atoms with Crippen LogP contribution in [0.5, 0.6) is 17.2 Å². The van der Waals surface area contributed by atoms with E-state index in [2.05, 4.69) is 10.9 Å². The molecule has 0 heterocycles. The van der Waals surface area contributed by atoms with Crippen molar-refractivity contribution in [3.8, 4) is 17.2 Å². The molecule has 0 aliphatic carbocycles. The fraction of sp³-hybridized carbons (Fsp3) is 0.550. The second-order valence-electron chi connectivity index (χ2n) is 6.50. The van der Waals surface area contributed by atoms with Gasteiger partial charge in [-0.05, 0) is 31.9 Å². The highest BCUT2D eigenvalue weighted by Gasteiger charge is 2.19. The molecule has 0 saturated carbocycles. The lowest BCUT2D eigenvalue weighted by molar-refractivity contribution is -0.132. The largest absolute Gasteiger partial charge is 0.493 e. The molecular weight excluding hydrogens is 378 g/mol. The lowest BCUT2D eigenvalue weighted by atomic mass is 10.0. The van der Waals surface area contributed by atoms with Crippen molar-refractivity contribution >= 4 is 17.7 Å². The van der Waals surface area contributed by atoms with E-state index in [-0.39, 0.29) is 36.1 Å². The molecule has 2 N–H and O–H groups in total. The fourth-order valence-corrected chi connectivity index (χ4v) is 2.85. The average molecular weight is 409 g/mol. The highest BCUT2D eigenvalue weighted by Crippen LogP contribution is 2.38. The number of amides is 3. The second kappa shape index (κ2) is 11.8. The minimum Gasteiger partial charge on any atom is -0.493 e. The normalized spacial score (nSPS) is 11.2. The van der Waals surface area contributed by atoms with Gasteiger partial charge in [-0.2, -0.15) is 0 Å². The topological polar surface area (TPSA) is 106 Å². The minimum atomic E-state index is -0.538. The number of hydrogen-bond acceptors (Lipinski definition) is 6. The van der Waals surface area contributed by atoms with Crippen LogP contribution < -0.4 is 25.1 Å². The van der Waals surface area contributed by atoms with Crippen LogP contribution in [0.1, 0.15) is 44.0 Å². The van der Waals surface area contributed by atoms with Crippen LogP contribution in [0.2, 0.25) is 0 Å². The van der Waals surface area contributed by atoms with Crippen molar-refractivity contribution in [2.24, 2.45) is 5.92 Å². The molecule has 1 atom stereocenters. The summed E-state index contributed by atoms with van der Waals surface area (Å²) in [6.45, 7) is 6.93. The van der Waals surface area contributed by atoms with E-state index in [1.54, 1.807) is 4.90 Å². The summed E-state index contributed by atoms with van der Waals surface area (Å²) < 4.78 is 15.6. The monoisotopic (exact) mass is 409 g/mol. The second-order valence-corrected chi connectivity index (χ2v) is 6.50. The zero-order valence-electron chi connectivity index (χ0n) is 18.0. The minimum absolute atomic E-state index is 0.0109. The molecule has 0 aromatic heterocycles. The zero-order chi connectivity index (χ0) is 22.0. The maximum atomic E-state index is 12.4. The number of carbonyl (C=O) groups is 3. The summed E-state index contributed by atoms with van der Waals surface area (Å²) in [7, 11) is 4.36. The van der Waals surface area contributed by atoms with E-state index in [9.17, 15) is 14.4 Å². The zero-order valence-corrected chi connectivity index (χ0v) is 18.0. The van der Waals surface area contributed by atoms with Crippen LogP contribution in [0.3, 0.4) is 0 Å². The number of nitrogens with zero attached hydrogens (tertiary/aromatic N) is 1. The van der Waals surface area contributed by atoms with Crippen molar-refractivity contribution in [2.45, 2.75) is 33.6 Å². The first-order valence-electron chi connectivity index (χ1n) is 9.48. The lowest BCUT2D eigenvalue weighted by Gasteiger charge is -2.20. The highest BCUT2D eigenvalue weighted by molar-refractivity contribution is 5.96. The Morgan fingerprint density at radius 3 is 1.93 bits per heavy atom. The first-order valence-corrected chi connectivity index (χ1v) is 9.48. The molecule has 0 aliphatic heterocycles. The molecule has 0 saturated heterocycles. The van der Waals surface area contributed by atoms with Crippen LogP contribution >= 0.6 is 0 Å². The van der Waals surface area contributed by atoms with Crippen LogP contribution in [0.4, 0.5) is 0 Å². The van der Waals surface area contributed by atoms with Crippen molar-refractivity contribution < 1.29 is 28.6 Å². The Hall–Kier alpha value is -2.97. The number of hydrogen-bond donors (Lipinski definition) is 2. The van der Waals surface area contributed by atoms with Crippen molar-refractivity contribution in [2.75, 3.05) is 34.4 Å². The Kier molecular flexibility index (Phi) is 9.78. The number of hydrazine groups is 1. The third-order valence-corrected chi connectivity index (χ3v) is 4.42. The summed E-state index contributed by atoms with van der Waals surface area (Å²) in [5, 5.41) is 0. The lowest BCUT2D eigenvalue weighted by Crippen LogP contribution is -2.42. The van der Waals surface area contributed by atoms with Crippen LogP contribution in [0, 0.1) is 5.92 Å². The van der Waals surface area contributed by atoms with Crippen LogP contribution in [-0.2, 0) is 9.59 Å². The van der Waals surface area contributed by atoms with Gasteiger partial charge in [-0.15, -0.1) is 0 Å². The molecule has 3 amide bonds. The summed E-state index contributed by atoms with van der Waals surface area (Å²) in [6, 6.07) is 2.96. The molecular formula is C20H31N3O6. The van der Waals surface area contributed by atoms with Crippen molar-refractivity contribution in [3.05, 3.63) is 17.7 Å². The first-order chi connectivity index (χ1) is 13.8.